The summed E-state index contributed by atoms with van der Waals surface area (Å²) in [6.45, 7) is -0.270. The van der Waals surface area contributed by atoms with E-state index >= 15 is 0 Å². The fourth-order valence-corrected chi connectivity index (χ4v) is 4.29. The third kappa shape index (κ3) is 6.16. The standard InChI is InChI=1S/C27H13F12N5/c28-24(29,30)16-10-18(26(34,35)36)40-22-14(16)6-8-20(42-22)44(12-13-4-2-1-3-5-13)21-9-7-15-17(25(31,32)33)11-19(27(37,38)39)41-23(15)43-21/h1-11H,12H2. The number of hydrogen-bond acceptors (Lipinski definition) is 5. The molecule has 0 amide bonds. The van der Waals surface area contributed by atoms with Gasteiger partial charge in [-0.1, -0.05) is 30.3 Å². The molecule has 44 heavy (non-hydrogen) atoms. The SMILES string of the molecule is FC(F)(F)c1cc(C(F)(F)F)c2ccc(N(Cc3ccccc3)c3ccc4c(C(F)(F)F)cc(C(F)(F)F)nc4n3)nc2n1. The lowest BCUT2D eigenvalue weighted by atomic mass is 10.1. The van der Waals surface area contributed by atoms with Crippen LogP contribution in [0.3, 0.4) is 0 Å². The number of pyridine rings is 4. The van der Waals surface area contributed by atoms with Gasteiger partial charge in [0.1, 0.15) is 23.0 Å². The van der Waals surface area contributed by atoms with Crippen molar-refractivity contribution < 1.29 is 52.7 Å². The van der Waals surface area contributed by atoms with E-state index in [4.69, 9.17) is 0 Å². The molecule has 4 heterocycles. The molecule has 0 fully saturated rings. The average Bonchev–Trinajstić information content (AvgIpc) is 2.92. The van der Waals surface area contributed by atoms with E-state index in [1.54, 1.807) is 30.3 Å². The Hall–Kier alpha value is -4.70. The van der Waals surface area contributed by atoms with Gasteiger partial charge in [-0.25, -0.2) is 19.9 Å². The Morgan fingerprint density at radius 3 is 1.25 bits per heavy atom. The molecule has 1 aromatic carbocycles. The fourth-order valence-electron chi connectivity index (χ4n) is 4.29. The lowest BCUT2D eigenvalue weighted by Gasteiger charge is -2.24. The molecule has 0 bridgehead atoms. The van der Waals surface area contributed by atoms with Crippen LogP contribution in [0, 0.1) is 0 Å². The van der Waals surface area contributed by atoms with Gasteiger partial charge in [-0.15, -0.1) is 0 Å². The van der Waals surface area contributed by atoms with Crippen molar-refractivity contribution in [3.63, 3.8) is 0 Å². The molecule has 0 aliphatic rings. The molecular formula is C27H13F12N5. The zero-order valence-electron chi connectivity index (χ0n) is 21.3. The Bertz CT molecular complexity index is 1730. The van der Waals surface area contributed by atoms with Crippen molar-refractivity contribution in [2.45, 2.75) is 31.2 Å². The second-order valence-electron chi connectivity index (χ2n) is 9.25. The molecule has 17 heteroatoms. The van der Waals surface area contributed by atoms with Crippen molar-refractivity contribution in [3.05, 3.63) is 94.8 Å². The molecule has 0 unspecified atom stereocenters. The molecule has 230 valence electrons. The minimum absolute atomic E-state index is 0.168. The summed E-state index contributed by atoms with van der Waals surface area (Å²) >= 11 is 0. The van der Waals surface area contributed by atoms with Crippen molar-refractivity contribution in [1.29, 1.82) is 0 Å². The number of hydrogen-bond donors (Lipinski definition) is 0. The van der Waals surface area contributed by atoms with E-state index in [9.17, 15) is 52.7 Å². The number of fused-ring (bicyclic) bond motifs is 2. The van der Waals surface area contributed by atoms with E-state index in [0.717, 1.165) is 29.2 Å². The first-order valence-electron chi connectivity index (χ1n) is 12.1. The van der Waals surface area contributed by atoms with Gasteiger partial charge in [-0.05, 0) is 42.0 Å². The smallest absolute Gasteiger partial charge is 0.306 e. The topological polar surface area (TPSA) is 54.8 Å². The van der Waals surface area contributed by atoms with Crippen LogP contribution in [-0.4, -0.2) is 19.9 Å². The van der Waals surface area contributed by atoms with Crippen molar-refractivity contribution >= 4 is 33.7 Å². The number of aromatic nitrogens is 4. The van der Waals surface area contributed by atoms with Crippen LogP contribution in [0.25, 0.3) is 22.1 Å². The Balaban J connectivity index is 1.75. The number of halogens is 12. The summed E-state index contributed by atoms with van der Waals surface area (Å²) in [5, 5.41) is -1.57. The molecule has 0 aliphatic carbocycles. The van der Waals surface area contributed by atoms with E-state index < -0.39 is 69.3 Å². The highest BCUT2D eigenvalue weighted by molar-refractivity contribution is 5.84. The summed E-state index contributed by atoms with van der Waals surface area (Å²) in [7, 11) is 0. The molecular weight excluding hydrogens is 622 g/mol. The fraction of sp³-hybridized carbons (Fsp3) is 0.185. The number of nitrogens with zero attached hydrogens (tertiary/aromatic N) is 5. The maximum absolute atomic E-state index is 13.7. The summed E-state index contributed by atoms with van der Waals surface area (Å²) in [4.78, 5) is 15.3. The molecule has 4 aromatic heterocycles. The van der Waals surface area contributed by atoms with Gasteiger partial charge in [0.25, 0.3) is 0 Å². The second kappa shape index (κ2) is 10.5. The van der Waals surface area contributed by atoms with Crippen LogP contribution in [0.1, 0.15) is 28.1 Å². The van der Waals surface area contributed by atoms with Gasteiger partial charge < -0.3 is 4.90 Å². The molecule has 5 rings (SSSR count). The Kier molecular flexibility index (Phi) is 7.32. The summed E-state index contributed by atoms with van der Waals surface area (Å²) in [5.74, 6) is -0.729. The number of alkyl halides is 12. The number of benzene rings is 1. The largest absolute Gasteiger partial charge is 0.433 e. The molecule has 0 aliphatic heterocycles. The van der Waals surface area contributed by atoms with Crippen molar-refractivity contribution in [2.24, 2.45) is 0 Å². The molecule has 0 saturated carbocycles. The van der Waals surface area contributed by atoms with E-state index in [2.05, 4.69) is 19.9 Å². The van der Waals surface area contributed by atoms with Gasteiger partial charge in [0.2, 0.25) is 0 Å². The minimum atomic E-state index is -5.28. The van der Waals surface area contributed by atoms with Crippen LogP contribution >= 0.6 is 0 Å². The van der Waals surface area contributed by atoms with E-state index in [-0.39, 0.29) is 30.3 Å². The lowest BCUT2D eigenvalue weighted by molar-refractivity contribution is -0.146. The molecule has 0 atom stereocenters. The van der Waals surface area contributed by atoms with E-state index in [1.165, 1.54) is 0 Å². The number of anilines is 2. The average molecular weight is 635 g/mol. The van der Waals surface area contributed by atoms with Gasteiger partial charge in [0.05, 0.1) is 17.7 Å². The van der Waals surface area contributed by atoms with Crippen LogP contribution in [0.5, 0.6) is 0 Å². The first-order chi connectivity index (χ1) is 20.3. The second-order valence-corrected chi connectivity index (χ2v) is 9.25. The predicted octanol–water partition coefficient (Wildman–Crippen LogP) is 8.99. The number of rotatable bonds is 4. The highest BCUT2D eigenvalue weighted by atomic mass is 19.4. The maximum Gasteiger partial charge on any atom is 0.433 e. The lowest BCUT2D eigenvalue weighted by Crippen LogP contribution is -2.20. The Labute approximate surface area is 237 Å². The normalized spacial score (nSPS) is 13.1. The quantitative estimate of drug-likeness (QED) is 0.185. The van der Waals surface area contributed by atoms with Crippen molar-refractivity contribution in [2.75, 3.05) is 4.90 Å². The van der Waals surface area contributed by atoms with Crippen LogP contribution in [0.4, 0.5) is 64.3 Å². The van der Waals surface area contributed by atoms with Crippen LogP contribution in [0.15, 0.2) is 66.7 Å². The predicted molar refractivity (Wildman–Crippen MR) is 131 cm³/mol. The first-order valence-corrected chi connectivity index (χ1v) is 12.1. The van der Waals surface area contributed by atoms with Gasteiger partial charge >= 0.3 is 24.7 Å². The summed E-state index contributed by atoms with van der Waals surface area (Å²) < 4.78 is 163. The van der Waals surface area contributed by atoms with Crippen molar-refractivity contribution in [3.8, 4) is 0 Å². The molecule has 5 aromatic rings. The minimum Gasteiger partial charge on any atom is -0.306 e. The van der Waals surface area contributed by atoms with E-state index in [1.807, 2.05) is 0 Å². The molecule has 5 nitrogen and oxygen atoms in total. The molecule has 0 saturated heterocycles. The van der Waals surface area contributed by atoms with Gasteiger partial charge in [-0.2, -0.15) is 52.7 Å². The zero-order valence-corrected chi connectivity index (χ0v) is 21.3. The van der Waals surface area contributed by atoms with Gasteiger partial charge in [0, 0.05) is 10.8 Å². The third-order valence-corrected chi connectivity index (χ3v) is 6.24. The third-order valence-electron chi connectivity index (χ3n) is 6.24. The maximum atomic E-state index is 13.7. The first kappa shape index (κ1) is 30.7. The van der Waals surface area contributed by atoms with Gasteiger partial charge in [0.15, 0.2) is 11.3 Å². The van der Waals surface area contributed by atoms with Gasteiger partial charge in [-0.3, -0.25) is 0 Å². The molecule has 0 radical (unpaired) electrons. The summed E-state index contributed by atoms with van der Waals surface area (Å²) in [5.41, 5.74) is -8.60. The van der Waals surface area contributed by atoms with E-state index in [0.29, 0.717) is 5.56 Å². The van der Waals surface area contributed by atoms with Crippen LogP contribution in [0.2, 0.25) is 0 Å². The monoisotopic (exact) mass is 635 g/mol. The van der Waals surface area contributed by atoms with Crippen LogP contribution < -0.4 is 4.90 Å². The molecule has 0 N–H and O–H groups in total. The Morgan fingerprint density at radius 2 is 0.886 bits per heavy atom. The molecule has 0 spiro atoms. The highest BCUT2D eigenvalue weighted by Crippen LogP contribution is 2.41. The van der Waals surface area contributed by atoms with Crippen LogP contribution in [-0.2, 0) is 31.2 Å². The highest BCUT2D eigenvalue weighted by Gasteiger charge is 2.41. The Morgan fingerprint density at radius 1 is 0.477 bits per heavy atom. The summed E-state index contributed by atoms with van der Waals surface area (Å²) in [6.07, 6.45) is -21.0. The zero-order chi connectivity index (χ0) is 32.2. The van der Waals surface area contributed by atoms with Crippen molar-refractivity contribution in [1.82, 2.24) is 19.9 Å². The summed E-state index contributed by atoms with van der Waals surface area (Å²) in [6, 6.07) is 11.1.